The third-order valence-corrected chi connectivity index (χ3v) is 3.98. The first-order chi connectivity index (χ1) is 10.2. The van der Waals surface area contributed by atoms with Crippen LogP contribution in [-0.2, 0) is 12.8 Å². The van der Waals surface area contributed by atoms with Crippen LogP contribution in [0.1, 0.15) is 45.7 Å². The lowest BCUT2D eigenvalue weighted by atomic mass is 10.0. The zero-order valence-corrected chi connectivity index (χ0v) is 12.2. The van der Waals surface area contributed by atoms with Crippen molar-refractivity contribution in [1.82, 2.24) is 0 Å². The highest BCUT2D eigenvalue weighted by molar-refractivity contribution is 6.34. The fraction of sp³-hybridized carbons (Fsp3) is 0.222. The van der Waals surface area contributed by atoms with Crippen molar-refractivity contribution in [3.8, 4) is 0 Å². The normalized spacial score (nSPS) is 13.7. The molecule has 3 nitrogen and oxygen atoms in total. The fourth-order valence-corrected chi connectivity index (χ4v) is 2.89. The molecule has 0 bridgehead atoms. The van der Waals surface area contributed by atoms with Gasteiger partial charge in [0.2, 0.25) is 0 Å². The molecule has 0 saturated carbocycles. The van der Waals surface area contributed by atoms with Gasteiger partial charge < -0.3 is 0 Å². The molecule has 21 heavy (non-hydrogen) atoms. The molecule has 1 aliphatic heterocycles. The van der Waals surface area contributed by atoms with Gasteiger partial charge in [0.05, 0.1) is 16.8 Å². The van der Waals surface area contributed by atoms with E-state index in [0.29, 0.717) is 11.1 Å². The lowest BCUT2D eigenvalue weighted by Crippen LogP contribution is -2.31. The van der Waals surface area contributed by atoms with Gasteiger partial charge in [0, 0.05) is 0 Å². The lowest BCUT2D eigenvalue weighted by Gasteiger charge is -2.21. The van der Waals surface area contributed by atoms with Crippen molar-refractivity contribution in [2.75, 3.05) is 4.90 Å². The summed E-state index contributed by atoms with van der Waals surface area (Å²) in [4.78, 5) is 26.6. The minimum absolute atomic E-state index is 0.216. The predicted molar refractivity (Wildman–Crippen MR) is 82.8 cm³/mol. The topological polar surface area (TPSA) is 37.4 Å². The molecule has 0 aromatic heterocycles. The van der Waals surface area contributed by atoms with E-state index in [-0.39, 0.29) is 11.8 Å². The molecule has 2 amide bonds. The number of hydrogen-bond acceptors (Lipinski definition) is 2. The number of aryl methyl sites for hydroxylation is 2. The average Bonchev–Trinajstić information content (AvgIpc) is 2.78. The molecular formula is C18H17NO2. The van der Waals surface area contributed by atoms with Crippen molar-refractivity contribution in [3.63, 3.8) is 0 Å². The summed E-state index contributed by atoms with van der Waals surface area (Å²) >= 11 is 0. The number of fused-ring (bicyclic) bond motifs is 1. The molecule has 1 aliphatic rings. The molecule has 0 saturated heterocycles. The zero-order chi connectivity index (χ0) is 15.0. The third kappa shape index (κ3) is 1.97. The molecule has 106 valence electrons. The number of carbonyl (C=O) groups excluding carboxylic acids is 2. The monoisotopic (exact) mass is 279 g/mol. The molecule has 3 rings (SSSR count). The molecule has 2 aromatic carbocycles. The fourth-order valence-electron chi connectivity index (χ4n) is 2.89. The SMILES string of the molecule is CCc1cccc(CC)c1N1C(=O)c2ccccc2C1=O. The van der Waals surface area contributed by atoms with Gasteiger partial charge in [-0.05, 0) is 36.1 Å². The van der Waals surface area contributed by atoms with E-state index in [1.165, 1.54) is 4.90 Å². The van der Waals surface area contributed by atoms with Gasteiger partial charge in [0.15, 0.2) is 0 Å². The molecule has 0 spiro atoms. The highest BCUT2D eigenvalue weighted by Gasteiger charge is 2.37. The smallest absolute Gasteiger partial charge is 0.266 e. The van der Waals surface area contributed by atoms with Crippen LogP contribution < -0.4 is 4.90 Å². The average molecular weight is 279 g/mol. The van der Waals surface area contributed by atoms with Gasteiger partial charge in [-0.3, -0.25) is 9.59 Å². The number of rotatable bonds is 3. The molecular weight excluding hydrogens is 262 g/mol. The minimum Gasteiger partial charge on any atom is -0.268 e. The minimum atomic E-state index is -0.216. The Balaban J connectivity index is 2.20. The maximum atomic E-state index is 12.6. The van der Waals surface area contributed by atoms with E-state index in [2.05, 4.69) is 0 Å². The van der Waals surface area contributed by atoms with E-state index in [0.717, 1.165) is 29.7 Å². The number of anilines is 1. The van der Waals surface area contributed by atoms with Gasteiger partial charge in [-0.25, -0.2) is 4.90 Å². The van der Waals surface area contributed by atoms with Crippen LogP contribution in [0.5, 0.6) is 0 Å². The highest BCUT2D eigenvalue weighted by Crippen LogP contribution is 2.34. The summed E-state index contributed by atoms with van der Waals surface area (Å²) in [6.45, 7) is 4.08. The van der Waals surface area contributed by atoms with Crippen LogP contribution in [0, 0.1) is 0 Å². The summed E-state index contributed by atoms with van der Waals surface area (Å²) in [7, 11) is 0. The molecule has 0 fully saturated rings. The molecule has 0 N–H and O–H groups in total. The van der Waals surface area contributed by atoms with Crippen LogP contribution >= 0.6 is 0 Å². The van der Waals surface area contributed by atoms with E-state index in [9.17, 15) is 9.59 Å². The second-order valence-corrected chi connectivity index (χ2v) is 5.12. The van der Waals surface area contributed by atoms with Crippen molar-refractivity contribution in [2.24, 2.45) is 0 Å². The van der Waals surface area contributed by atoms with E-state index in [1.807, 2.05) is 32.0 Å². The first-order valence-corrected chi connectivity index (χ1v) is 7.27. The summed E-state index contributed by atoms with van der Waals surface area (Å²) in [5.41, 5.74) is 3.83. The Morgan fingerprint density at radius 3 is 1.67 bits per heavy atom. The molecule has 2 aromatic rings. The number of benzene rings is 2. The van der Waals surface area contributed by atoms with Crippen LogP contribution in [-0.4, -0.2) is 11.8 Å². The van der Waals surface area contributed by atoms with Crippen molar-refractivity contribution >= 4 is 17.5 Å². The second kappa shape index (κ2) is 5.17. The van der Waals surface area contributed by atoms with Crippen LogP contribution in [0.15, 0.2) is 42.5 Å². The summed E-state index contributed by atoms with van der Waals surface area (Å²) in [6, 6.07) is 13.0. The van der Waals surface area contributed by atoms with E-state index in [4.69, 9.17) is 0 Å². The number of imide groups is 1. The van der Waals surface area contributed by atoms with E-state index >= 15 is 0 Å². The van der Waals surface area contributed by atoms with Gasteiger partial charge in [0.25, 0.3) is 11.8 Å². The molecule has 1 heterocycles. The first-order valence-electron chi connectivity index (χ1n) is 7.27. The Hall–Kier alpha value is -2.42. The van der Waals surface area contributed by atoms with E-state index < -0.39 is 0 Å². The maximum Gasteiger partial charge on any atom is 0.266 e. The standard InChI is InChI=1S/C18H17NO2/c1-3-12-8-7-9-13(4-2)16(12)19-17(20)14-10-5-6-11-15(14)18(19)21/h5-11H,3-4H2,1-2H3. The van der Waals surface area contributed by atoms with Crippen molar-refractivity contribution in [3.05, 3.63) is 64.7 Å². The Morgan fingerprint density at radius 1 is 0.762 bits per heavy atom. The number of nitrogens with zero attached hydrogens (tertiary/aromatic N) is 1. The maximum absolute atomic E-state index is 12.6. The Labute approximate surface area is 124 Å². The quantitative estimate of drug-likeness (QED) is 0.805. The molecule has 0 radical (unpaired) electrons. The van der Waals surface area contributed by atoms with Gasteiger partial charge in [-0.1, -0.05) is 44.2 Å². The van der Waals surface area contributed by atoms with Gasteiger partial charge in [0.1, 0.15) is 0 Å². The summed E-state index contributed by atoms with van der Waals surface area (Å²) in [6.07, 6.45) is 1.58. The van der Waals surface area contributed by atoms with Gasteiger partial charge >= 0.3 is 0 Å². The molecule has 0 unspecified atom stereocenters. The van der Waals surface area contributed by atoms with E-state index in [1.54, 1.807) is 24.3 Å². The highest BCUT2D eigenvalue weighted by atomic mass is 16.2. The van der Waals surface area contributed by atoms with Crippen LogP contribution in [0.2, 0.25) is 0 Å². The van der Waals surface area contributed by atoms with Crippen LogP contribution in [0.4, 0.5) is 5.69 Å². The summed E-state index contributed by atoms with van der Waals surface area (Å²) in [5, 5.41) is 0. The number of amides is 2. The zero-order valence-electron chi connectivity index (χ0n) is 12.2. The molecule has 0 atom stereocenters. The number of carbonyl (C=O) groups is 2. The lowest BCUT2D eigenvalue weighted by molar-refractivity contribution is 0.0925. The predicted octanol–water partition coefficient (Wildman–Crippen LogP) is 3.61. The third-order valence-electron chi connectivity index (χ3n) is 3.98. The summed E-state index contributed by atoms with van der Waals surface area (Å²) in [5.74, 6) is -0.433. The first kappa shape index (κ1) is 13.6. The number of para-hydroxylation sites is 1. The van der Waals surface area contributed by atoms with Crippen LogP contribution in [0.25, 0.3) is 0 Å². The van der Waals surface area contributed by atoms with Gasteiger partial charge in [-0.15, -0.1) is 0 Å². The summed E-state index contributed by atoms with van der Waals surface area (Å²) < 4.78 is 0. The Kier molecular flexibility index (Phi) is 3.34. The van der Waals surface area contributed by atoms with Crippen molar-refractivity contribution < 1.29 is 9.59 Å². The Morgan fingerprint density at radius 2 is 1.24 bits per heavy atom. The molecule has 3 heteroatoms. The largest absolute Gasteiger partial charge is 0.268 e. The molecule has 0 aliphatic carbocycles. The van der Waals surface area contributed by atoms with Gasteiger partial charge in [-0.2, -0.15) is 0 Å². The van der Waals surface area contributed by atoms with Crippen molar-refractivity contribution in [1.29, 1.82) is 0 Å². The van der Waals surface area contributed by atoms with Crippen molar-refractivity contribution in [2.45, 2.75) is 26.7 Å². The van der Waals surface area contributed by atoms with Crippen LogP contribution in [0.3, 0.4) is 0 Å². The Bertz CT molecular complexity index is 676. The second-order valence-electron chi connectivity index (χ2n) is 5.12. The number of hydrogen-bond donors (Lipinski definition) is 0.